The Labute approximate surface area is 137 Å². The third-order valence-electron chi connectivity index (χ3n) is 3.05. The first-order chi connectivity index (χ1) is 11.0. The van der Waals surface area contributed by atoms with Crippen LogP contribution in [-0.4, -0.2) is 22.7 Å². The number of thioether (sulfide) groups is 1. The molecule has 2 aromatic rings. The predicted octanol–water partition coefficient (Wildman–Crippen LogP) is 3.62. The summed E-state index contributed by atoms with van der Waals surface area (Å²) < 4.78 is 0. The van der Waals surface area contributed by atoms with Crippen molar-refractivity contribution in [3.63, 3.8) is 0 Å². The van der Waals surface area contributed by atoms with Crippen molar-refractivity contribution >= 4 is 29.3 Å². The van der Waals surface area contributed by atoms with Crippen molar-refractivity contribution in [2.75, 3.05) is 11.1 Å². The van der Waals surface area contributed by atoms with E-state index in [9.17, 15) is 14.7 Å². The highest BCUT2D eigenvalue weighted by molar-refractivity contribution is 7.99. The number of nitrogens with one attached hydrogen (secondary N) is 1. The summed E-state index contributed by atoms with van der Waals surface area (Å²) in [6.07, 6.45) is 0. The van der Waals surface area contributed by atoms with Crippen molar-refractivity contribution in [2.24, 2.45) is 0 Å². The molecule has 0 radical (unpaired) electrons. The number of hydrogen-bond acceptors (Lipinski definition) is 4. The second kappa shape index (κ2) is 7.47. The Balaban J connectivity index is 2.23. The Kier molecular flexibility index (Phi) is 5.39. The first-order valence-corrected chi connectivity index (χ1v) is 7.85. The second-order valence-electron chi connectivity index (χ2n) is 4.59. The fourth-order valence-electron chi connectivity index (χ4n) is 1.96. The van der Waals surface area contributed by atoms with Gasteiger partial charge in [0.15, 0.2) is 0 Å². The van der Waals surface area contributed by atoms with Crippen LogP contribution < -0.4 is 5.32 Å². The van der Waals surface area contributed by atoms with Crippen molar-refractivity contribution in [1.29, 1.82) is 5.26 Å². The fourth-order valence-corrected chi connectivity index (χ4v) is 2.63. The van der Waals surface area contributed by atoms with Gasteiger partial charge in [-0.25, -0.2) is 4.79 Å². The summed E-state index contributed by atoms with van der Waals surface area (Å²) in [6, 6.07) is 13.1. The van der Waals surface area contributed by atoms with Crippen LogP contribution in [0.25, 0.3) is 0 Å². The summed E-state index contributed by atoms with van der Waals surface area (Å²) >= 11 is 1.67. The number of nitrogens with zero attached hydrogens (tertiary/aromatic N) is 1. The average Bonchev–Trinajstić information content (AvgIpc) is 2.56. The Morgan fingerprint density at radius 3 is 2.48 bits per heavy atom. The highest BCUT2D eigenvalue weighted by Crippen LogP contribution is 2.20. The molecule has 0 aliphatic heterocycles. The van der Waals surface area contributed by atoms with Gasteiger partial charge >= 0.3 is 5.97 Å². The van der Waals surface area contributed by atoms with Crippen molar-refractivity contribution in [3.8, 4) is 6.07 Å². The molecule has 23 heavy (non-hydrogen) atoms. The molecule has 2 rings (SSSR count). The summed E-state index contributed by atoms with van der Waals surface area (Å²) in [4.78, 5) is 24.6. The number of benzene rings is 2. The van der Waals surface area contributed by atoms with Crippen molar-refractivity contribution in [1.82, 2.24) is 0 Å². The number of anilines is 1. The van der Waals surface area contributed by atoms with E-state index >= 15 is 0 Å². The number of nitriles is 1. The zero-order valence-electron chi connectivity index (χ0n) is 12.4. The molecule has 1 amide bonds. The molecule has 0 saturated carbocycles. The molecule has 0 aliphatic carbocycles. The Morgan fingerprint density at radius 1 is 1.22 bits per heavy atom. The highest BCUT2D eigenvalue weighted by Gasteiger charge is 2.14. The number of hydrogen-bond donors (Lipinski definition) is 2. The minimum absolute atomic E-state index is 0.115. The summed E-state index contributed by atoms with van der Waals surface area (Å²) in [5.41, 5.74) is 0.705. The quantitative estimate of drug-likeness (QED) is 0.819. The number of carbonyl (C=O) groups is 2. The van der Waals surface area contributed by atoms with Crippen LogP contribution in [0.2, 0.25) is 0 Å². The van der Waals surface area contributed by atoms with Crippen LogP contribution in [0.5, 0.6) is 0 Å². The maximum Gasteiger partial charge on any atom is 0.337 e. The van der Waals surface area contributed by atoms with Crippen LogP contribution in [0.1, 0.15) is 33.2 Å². The van der Waals surface area contributed by atoms with Crippen LogP contribution in [0, 0.1) is 11.3 Å². The SMILES string of the molecule is CCSc1ccc(C(=O)Nc2ccc(C#N)cc2C(=O)O)cc1. The van der Waals surface area contributed by atoms with Crippen molar-refractivity contribution < 1.29 is 14.7 Å². The minimum atomic E-state index is -1.20. The molecule has 6 heteroatoms. The molecule has 2 aromatic carbocycles. The molecular weight excluding hydrogens is 312 g/mol. The summed E-state index contributed by atoms with van der Waals surface area (Å²) in [5.74, 6) is -0.656. The van der Waals surface area contributed by atoms with Crippen LogP contribution in [0.15, 0.2) is 47.4 Å². The Hall–Kier alpha value is -2.78. The lowest BCUT2D eigenvalue weighted by Gasteiger charge is -2.09. The van der Waals surface area contributed by atoms with Gasteiger partial charge in [-0.3, -0.25) is 4.79 Å². The number of carboxylic acid groups (broad SMARTS) is 1. The molecule has 5 nitrogen and oxygen atoms in total. The molecule has 2 N–H and O–H groups in total. The van der Waals surface area contributed by atoms with Gasteiger partial charge in [0.05, 0.1) is 22.9 Å². The second-order valence-corrected chi connectivity index (χ2v) is 5.93. The smallest absolute Gasteiger partial charge is 0.337 e. The van der Waals surface area contributed by atoms with Gasteiger partial charge in [0, 0.05) is 10.5 Å². The molecule has 0 spiro atoms. The number of aromatic carboxylic acids is 1. The number of carboxylic acids is 1. The maximum absolute atomic E-state index is 12.2. The number of rotatable bonds is 5. The molecule has 0 fully saturated rings. The van der Waals surface area contributed by atoms with Crippen LogP contribution in [0.3, 0.4) is 0 Å². The predicted molar refractivity (Wildman–Crippen MR) is 88.9 cm³/mol. The van der Waals surface area contributed by atoms with E-state index < -0.39 is 11.9 Å². The van der Waals surface area contributed by atoms with Gasteiger partial charge < -0.3 is 10.4 Å². The van der Waals surface area contributed by atoms with Crippen molar-refractivity contribution in [2.45, 2.75) is 11.8 Å². The summed E-state index contributed by atoms with van der Waals surface area (Å²) in [5, 5.41) is 20.6. The summed E-state index contributed by atoms with van der Waals surface area (Å²) in [7, 11) is 0. The van der Waals surface area contributed by atoms with Crippen LogP contribution in [-0.2, 0) is 0 Å². The van der Waals surface area contributed by atoms with Gasteiger partial charge in [0.1, 0.15) is 0 Å². The van der Waals surface area contributed by atoms with E-state index in [2.05, 4.69) is 5.32 Å². The minimum Gasteiger partial charge on any atom is -0.478 e. The zero-order chi connectivity index (χ0) is 16.8. The van der Waals surface area contributed by atoms with Gasteiger partial charge in [-0.05, 0) is 48.2 Å². The average molecular weight is 326 g/mol. The molecule has 0 saturated heterocycles. The first-order valence-electron chi connectivity index (χ1n) is 6.86. The number of carbonyl (C=O) groups excluding carboxylic acids is 1. The van der Waals surface area contributed by atoms with E-state index in [1.54, 1.807) is 23.9 Å². The molecule has 0 aliphatic rings. The first kappa shape index (κ1) is 16.6. The van der Waals surface area contributed by atoms with Crippen LogP contribution in [0.4, 0.5) is 5.69 Å². The monoisotopic (exact) mass is 326 g/mol. The lowest BCUT2D eigenvalue weighted by atomic mass is 10.1. The normalized spacial score (nSPS) is 9.91. The van der Waals surface area contributed by atoms with E-state index in [4.69, 9.17) is 5.26 Å². The van der Waals surface area contributed by atoms with E-state index in [1.807, 2.05) is 25.1 Å². The van der Waals surface area contributed by atoms with Gasteiger partial charge in [-0.2, -0.15) is 5.26 Å². The Morgan fingerprint density at radius 2 is 1.91 bits per heavy atom. The molecule has 116 valence electrons. The maximum atomic E-state index is 12.2. The molecule has 0 unspecified atom stereocenters. The van der Waals surface area contributed by atoms with Crippen LogP contribution >= 0.6 is 11.8 Å². The third kappa shape index (κ3) is 4.11. The number of amides is 1. The van der Waals surface area contributed by atoms with E-state index in [-0.39, 0.29) is 16.8 Å². The van der Waals surface area contributed by atoms with Gasteiger partial charge in [-0.15, -0.1) is 11.8 Å². The molecule has 0 atom stereocenters. The third-order valence-corrected chi connectivity index (χ3v) is 3.95. The summed E-state index contributed by atoms with van der Waals surface area (Å²) in [6.45, 7) is 2.05. The van der Waals surface area contributed by atoms with E-state index in [1.165, 1.54) is 18.2 Å². The van der Waals surface area contributed by atoms with E-state index in [0.29, 0.717) is 5.56 Å². The molecule has 0 bridgehead atoms. The largest absolute Gasteiger partial charge is 0.478 e. The van der Waals surface area contributed by atoms with E-state index in [0.717, 1.165) is 10.6 Å². The standard InChI is InChI=1S/C17H14N2O3S/c1-2-23-13-6-4-12(5-7-13)16(20)19-15-8-3-11(10-18)9-14(15)17(21)22/h3-9H,2H2,1H3,(H,19,20)(H,21,22). The molecule has 0 heterocycles. The van der Waals surface area contributed by atoms with Crippen molar-refractivity contribution in [3.05, 3.63) is 59.2 Å². The fraction of sp³-hybridized carbons (Fsp3) is 0.118. The molecular formula is C17H14N2O3S. The topological polar surface area (TPSA) is 90.2 Å². The lowest BCUT2D eigenvalue weighted by Crippen LogP contribution is -2.15. The highest BCUT2D eigenvalue weighted by atomic mass is 32.2. The van der Waals surface area contributed by atoms with Gasteiger partial charge in [0.25, 0.3) is 5.91 Å². The van der Waals surface area contributed by atoms with Gasteiger partial charge in [0.2, 0.25) is 0 Å². The van der Waals surface area contributed by atoms with Gasteiger partial charge in [-0.1, -0.05) is 6.92 Å². The Bertz CT molecular complexity index is 779. The zero-order valence-corrected chi connectivity index (χ0v) is 13.2. The lowest BCUT2D eigenvalue weighted by molar-refractivity contribution is 0.0698. The molecule has 0 aromatic heterocycles.